The Hall–Kier alpha value is -2.36. The molecule has 2 aromatic carbocycles. The summed E-state index contributed by atoms with van der Waals surface area (Å²) in [7, 11) is 3.47. The van der Waals surface area contributed by atoms with E-state index in [1.54, 1.807) is 31.1 Å². The maximum atomic E-state index is 13.0. The van der Waals surface area contributed by atoms with Crippen LogP contribution in [0, 0.1) is 5.82 Å². The van der Waals surface area contributed by atoms with Gasteiger partial charge in [-0.05, 0) is 29.8 Å². The number of hydrogen-bond acceptors (Lipinski definition) is 2. The molecule has 0 saturated heterocycles. The third-order valence-electron chi connectivity index (χ3n) is 3.70. The van der Waals surface area contributed by atoms with E-state index in [-0.39, 0.29) is 17.6 Å². The van der Waals surface area contributed by atoms with E-state index in [1.807, 2.05) is 37.3 Å². The zero-order chi connectivity index (χ0) is 16.1. The fourth-order valence-corrected chi connectivity index (χ4v) is 2.35. The molecule has 22 heavy (non-hydrogen) atoms. The molecule has 0 spiro atoms. The monoisotopic (exact) mass is 300 g/mol. The number of carbonyl (C=O) groups is 1. The number of halogens is 1. The highest BCUT2D eigenvalue weighted by atomic mass is 19.1. The molecule has 0 unspecified atom stereocenters. The van der Waals surface area contributed by atoms with Gasteiger partial charge in [0.2, 0.25) is 5.91 Å². The Balaban J connectivity index is 2.26. The molecule has 0 aliphatic rings. The van der Waals surface area contributed by atoms with Gasteiger partial charge in [-0.25, -0.2) is 4.39 Å². The van der Waals surface area contributed by atoms with E-state index < -0.39 is 6.04 Å². The van der Waals surface area contributed by atoms with Gasteiger partial charge in [0.1, 0.15) is 11.9 Å². The summed E-state index contributed by atoms with van der Waals surface area (Å²) in [5.41, 5.74) is 1.81. The van der Waals surface area contributed by atoms with Gasteiger partial charge in [-0.2, -0.15) is 0 Å². The number of anilines is 1. The molecular formula is C18H21FN2O. The lowest BCUT2D eigenvalue weighted by molar-refractivity contribution is -0.129. The normalized spacial score (nSPS) is 13.3. The molecule has 2 aromatic rings. The third-order valence-corrected chi connectivity index (χ3v) is 3.70. The van der Waals surface area contributed by atoms with Crippen molar-refractivity contribution in [1.82, 2.24) is 4.90 Å². The Morgan fingerprint density at radius 1 is 1.05 bits per heavy atom. The predicted molar refractivity (Wildman–Crippen MR) is 87.4 cm³/mol. The summed E-state index contributed by atoms with van der Waals surface area (Å²) in [4.78, 5) is 14.1. The van der Waals surface area contributed by atoms with Crippen molar-refractivity contribution >= 4 is 11.6 Å². The molecular weight excluding hydrogens is 279 g/mol. The van der Waals surface area contributed by atoms with Crippen LogP contribution in [-0.4, -0.2) is 30.9 Å². The van der Waals surface area contributed by atoms with Crippen LogP contribution in [0.1, 0.15) is 18.4 Å². The quantitative estimate of drug-likeness (QED) is 0.916. The molecule has 0 aromatic heterocycles. The average molecular weight is 300 g/mol. The van der Waals surface area contributed by atoms with Crippen molar-refractivity contribution in [3.8, 4) is 0 Å². The second-order valence-corrected chi connectivity index (χ2v) is 5.56. The molecule has 0 bridgehead atoms. The van der Waals surface area contributed by atoms with Crippen LogP contribution in [0.25, 0.3) is 0 Å². The Morgan fingerprint density at radius 2 is 1.64 bits per heavy atom. The van der Waals surface area contributed by atoms with E-state index in [4.69, 9.17) is 0 Å². The maximum Gasteiger partial charge on any atom is 0.245 e. The van der Waals surface area contributed by atoms with Crippen molar-refractivity contribution in [3.63, 3.8) is 0 Å². The highest BCUT2D eigenvalue weighted by Crippen LogP contribution is 2.23. The highest BCUT2D eigenvalue weighted by molar-refractivity contribution is 5.85. The molecule has 3 nitrogen and oxygen atoms in total. The van der Waals surface area contributed by atoms with E-state index in [9.17, 15) is 9.18 Å². The summed E-state index contributed by atoms with van der Waals surface area (Å²) < 4.78 is 13.0. The van der Waals surface area contributed by atoms with Gasteiger partial charge in [-0.3, -0.25) is 4.79 Å². The summed E-state index contributed by atoms with van der Waals surface area (Å²) >= 11 is 0. The molecule has 0 radical (unpaired) electrons. The van der Waals surface area contributed by atoms with Crippen LogP contribution < -0.4 is 5.32 Å². The van der Waals surface area contributed by atoms with Crippen LogP contribution in [0.15, 0.2) is 54.6 Å². The molecule has 0 heterocycles. The molecule has 0 aliphatic carbocycles. The van der Waals surface area contributed by atoms with Gasteiger partial charge in [-0.15, -0.1) is 0 Å². The number of amides is 1. The first kappa shape index (κ1) is 16.0. The van der Waals surface area contributed by atoms with Crippen molar-refractivity contribution in [2.24, 2.45) is 0 Å². The molecule has 116 valence electrons. The lowest BCUT2D eigenvalue weighted by Gasteiger charge is -2.28. The summed E-state index contributed by atoms with van der Waals surface area (Å²) in [6, 6.07) is 15.5. The molecule has 2 atom stereocenters. The van der Waals surface area contributed by atoms with Crippen molar-refractivity contribution in [2.45, 2.75) is 18.9 Å². The number of nitrogens with zero attached hydrogens (tertiary/aromatic N) is 1. The maximum absolute atomic E-state index is 13.0. The molecule has 0 saturated carbocycles. The average Bonchev–Trinajstić information content (AvgIpc) is 2.54. The van der Waals surface area contributed by atoms with Crippen molar-refractivity contribution in [2.75, 3.05) is 19.4 Å². The first-order chi connectivity index (χ1) is 10.5. The highest BCUT2D eigenvalue weighted by Gasteiger charge is 2.27. The van der Waals surface area contributed by atoms with Gasteiger partial charge < -0.3 is 10.2 Å². The van der Waals surface area contributed by atoms with E-state index in [2.05, 4.69) is 5.32 Å². The molecule has 1 amide bonds. The Labute approximate surface area is 130 Å². The Morgan fingerprint density at radius 3 is 2.18 bits per heavy atom. The summed E-state index contributed by atoms with van der Waals surface area (Å²) in [6.07, 6.45) is 0. The van der Waals surface area contributed by atoms with E-state index >= 15 is 0 Å². The van der Waals surface area contributed by atoms with Crippen LogP contribution >= 0.6 is 0 Å². The fraction of sp³-hybridized carbons (Fsp3) is 0.278. The minimum Gasteiger partial charge on any atom is -0.373 e. The van der Waals surface area contributed by atoms with E-state index in [1.165, 1.54) is 12.1 Å². The standard InChI is InChI=1S/C18H21FN2O/c1-13(14-7-5-4-6-8-14)17(18(22)21(2)3)20-16-11-9-15(19)10-12-16/h4-13,17,20H,1-3H3/t13-,17-/m0/s1. The number of hydrogen-bond donors (Lipinski definition) is 1. The number of nitrogens with one attached hydrogen (secondary N) is 1. The summed E-state index contributed by atoms with van der Waals surface area (Å²) in [5, 5.41) is 3.23. The van der Waals surface area contributed by atoms with Gasteiger partial charge >= 0.3 is 0 Å². The fourth-order valence-electron chi connectivity index (χ4n) is 2.35. The van der Waals surface area contributed by atoms with Crippen LogP contribution in [0.5, 0.6) is 0 Å². The second-order valence-electron chi connectivity index (χ2n) is 5.56. The van der Waals surface area contributed by atoms with Gasteiger partial charge in [0.25, 0.3) is 0 Å². The Kier molecular flexibility index (Phi) is 5.15. The summed E-state index contributed by atoms with van der Waals surface area (Å²) in [6.45, 7) is 2.01. The molecule has 0 aliphatic heterocycles. The number of carbonyl (C=O) groups excluding carboxylic acids is 1. The van der Waals surface area contributed by atoms with Gasteiger partial charge in [0, 0.05) is 25.7 Å². The number of likely N-dealkylation sites (N-methyl/N-ethyl adjacent to an activating group) is 1. The Bertz CT molecular complexity index is 611. The first-order valence-corrected chi connectivity index (χ1v) is 7.27. The molecule has 4 heteroatoms. The second kappa shape index (κ2) is 7.07. The zero-order valence-electron chi connectivity index (χ0n) is 13.1. The van der Waals surface area contributed by atoms with E-state index in [0.29, 0.717) is 0 Å². The van der Waals surface area contributed by atoms with Crippen molar-refractivity contribution in [3.05, 3.63) is 66.0 Å². The van der Waals surface area contributed by atoms with Crippen LogP contribution in [0.3, 0.4) is 0 Å². The van der Waals surface area contributed by atoms with E-state index in [0.717, 1.165) is 11.3 Å². The van der Waals surface area contributed by atoms with Crippen LogP contribution in [-0.2, 0) is 4.79 Å². The first-order valence-electron chi connectivity index (χ1n) is 7.27. The minimum atomic E-state index is -0.414. The van der Waals surface area contributed by atoms with Crippen LogP contribution in [0.4, 0.5) is 10.1 Å². The lowest BCUT2D eigenvalue weighted by Crippen LogP contribution is -2.42. The minimum absolute atomic E-state index is 0.0128. The largest absolute Gasteiger partial charge is 0.373 e. The molecule has 0 fully saturated rings. The van der Waals surface area contributed by atoms with Crippen molar-refractivity contribution in [1.29, 1.82) is 0 Å². The SMILES string of the molecule is C[C@@H](c1ccccc1)[C@H](Nc1ccc(F)cc1)C(=O)N(C)C. The van der Waals surface area contributed by atoms with Gasteiger partial charge in [0.05, 0.1) is 0 Å². The predicted octanol–water partition coefficient (Wildman–Crippen LogP) is 3.50. The van der Waals surface area contributed by atoms with Gasteiger partial charge in [0.15, 0.2) is 0 Å². The lowest BCUT2D eigenvalue weighted by atomic mass is 9.92. The van der Waals surface area contributed by atoms with Gasteiger partial charge in [-0.1, -0.05) is 37.3 Å². The van der Waals surface area contributed by atoms with Crippen molar-refractivity contribution < 1.29 is 9.18 Å². The number of benzene rings is 2. The molecule has 1 N–H and O–H groups in total. The number of rotatable bonds is 5. The smallest absolute Gasteiger partial charge is 0.245 e. The zero-order valence-corrected chi connectivity index (χ0v) is 13.1. The van der Waals surface area contributed by atoms with Crippen LogP contribution in [0.2, 0.25) is 0 Å². The molecule has 2 rings (SSSR count). The topological polar surface area (TPSA) is 32.3 Å². The third kappa shape index (κ3) is 3.85. The summed E-state index contributed by atoms with van der Waals surface area (Å²) in [5.74, 6) is -0.320.